The van der Waals surface area contributed by atoms with Crippen molar-refractivity contribution in [2.45, 2.75) is 12.8 Å². The van der Waals surface area contributed by atoms with Crippen molar-refractivity contribution in [3.63, 3.8) is 0 Å². The number of hydrogen-bond donors (Lipinski definition) is 1. The zero-order chi connectivity index (χ0) is 4.83. The molecule has 0 rings (SSSR count). The molecular weight excluding hydrogens is 165 g/mol. The molecule has 0 aromatic carbocycles. The Morgan fingerprint density at radius 1 is 1.57 bits per heavy atom. The van der Waals surface area contributed by atoms with Crippen molar-refractivity contribution in [2.24, 2.45) is 0 Å². The molecule has 7 heavy (non-hydrogen) atoms. The zero-order valence-electron chi connectivity index (χ0n) is 4.43. The van der Waals surface area contributed by atoms with E-state index in [1.807, 2.05) is 0 Å². The summed E-state index contributed by atoms with van der Waals surface area (Å²) in [5.41, 5.74) is 0. The predicted octanol–water partition coefficient (Wildman–Crippen LogP) is 0.795. The van der Waals surface area contributed by atoms with Crippen molar-refractivity contribution >= 4 is 0 Å². The third kappa shape index (κ3) is 11.0. The van der Waals surface area contributed by atoms with Crippen LogP contribution in [0.1, 0.15) is 12.8 Å². The molecule has 0 aromatic rings. The van der Waals surface area contributed by atoms with Gasteiger partial charge in [-0.1, -0.05) is 6.61 Å². The number of unbranched alkanes of at least 4 members (excludes halogenated alkanes) is 2. The largest absolute Gasteiger partial charge is 0.428 e. The summed E-state index contributed by atoms with van der Waals surface area (Å²) >= 11 is 0. The van der Waals surface area contributed by atoms with Crippen LogP contribution in [-0.4, -0.2) is 11.7 Å². The zero-order valence-corrected chi connectivity index (χ0v) is 7.27. The van der Waals surface area contributed by atoms with E-state index < -0.39 is 0 Å². The van der Waals surface area contributed by atoms with Gasteiger partial charge in [0.1, 0.15) is 0 Å². The van der Waals surface area contributed by atoms with Crippen molar-refractivity contribution in [1.29, 1.82) is 0 Å². The molecule has 0 amide bonds. The maximum atomic E-state index is 8.11. The second-order valence-corrected chi connectivity index (χ2v) is 1.11. The summed E-state index contributed by atoms with van der Waals surface area (Å²) in [4.78, 5) is 0. The minimum absolute atomic E-state index is 0. The molecular formula is C5H10OY-2. The van der Waals surface area contributed by atoms with Gasteiger partial charge in [-0.3, -0.25) is 0 Å². The molecule has 0 bridgehead atoms. The maximum absolute atomic E-state index is 8.11. The molecule has 0 spiro atoms. The molecule has 0 unspecified atom stereocenters. The fraction of sp³-hybridized carbons (Fsp3) is 0.600. The Morgan fingerprint density at radius 2 is 2.14 bits per heavy atom. The Kier molecular flexibility index (Phi) is 15.8. The molecule has 41 valence electrons. The van der Waals surface area contributed by atoms with Crippen molar-refractivity contribution in [3.8, 4) is 0 Å². The first kappa shape index (κ1) is 10.9. The quantitative estimate of drug-likeness (QED) is 0.496. The monoisotopic (exact) mass is 175 g/mol. The van der Waals surface area contributed by atoms with Crippen LogP contribution in [0.15, 0.2) is 0 Å². The molecule has 0 aliphatic rings. The fourth-order valence-corrected chi connectivity index (χ4v) is 0.236. The second kappa shape index (κ2) is 10.1. The number of rotatable bonds is 3. The first-order valence-corrected chi connectivity index (χ1v) is 2.13. The summed E-state index contributed by atoms with van der Waals surface area (Å²) in [7, 11) is 0. The SMILES string of the molecule is [CH2-]CC[CH-]CO.[Y]. The van der Waals surface area contributed by atoms with Gasteiger partial charge in [-0.15, -0.1) is 0 Å². The molecule has 0 saturated heterocycles. The average Bonchev–Trinajstić information content (AvgIpc) is 1.61. The third-order valence-electron chi connectivity index (χ3n) is 0.537. The topological polar surface area (TPSA) is 20.2 Å². The van der Waals surface area contributed by atoms with Crippen LogP contribution in [0.3, 0.4) is 0 Å². The maximum Gasteiger partial charge on any atom is 0 e. The molecule has 0 aliphatic carbocycles. The standard InChI is InChI=1S/C5H10O.Y/c1-2-3-4-5-6;/h4,6H,1-3,5H2;/q-2;. The van der Waals surface area contributed by atoms with E-state index in [2.05, 4.69) is 6.92 Å². The van der Waals surface area contributed by atoms with Crippen LogP contribution in [-0.2, 0) is 32.7 Å². The van der Waals surface area contributed by atoms with Crippen molar-refractivity contribution in [1.82, 2.24) is 0 Å². The fourth-order valence-electron chi connectivity index (χ4n) is 0.236. The first-order valence-electron chi connectivity index (χ1n) is 2.13. The van der Waals surface area contributed by atoms with E-state index in [1.165, 1.54) is 0 Å². The normalized spacial score (nSPS) is 7.71. The molecule has 0 aliphatic heterocycles. The third-order valence-corrected chi connectivity index (χ3v) is 0.537. The van der Waals surface area contributed by atoms with Gasteiger partial charge in [-0.05, 0) is 0 Å². The molecule has 0 saturated carbocycles. The van der Waals surface area contributed by atoms with Gasteiger partial charge in [0.2, 0.25) is 0 Å². The van der Waals surface area contributed by atoms with Gasteiger partial charge in [0.05, 0.1) is 0 Å². The Labute approximate surface area is 70.4 Å². The Hall–Kier alpha value is 1.06. The Morgan fingerprint density at radius 3 is 2.29 bits per heavy atom. The molecule has 1 nitrogen and oxygen atoms in total. The Balaban J connectivity index is 0. The summed E-state index contributed by atoms with van der Waals surface area (Å²) < 4.78 is 0. The Bertz CT molecular complexity index is 20.0. The molecule has 0 atom stereocenters. The van der Waals surface area contributed by atoms with E-state index in [9.17, 15) is 0 Å². The number of hydrogen-bond acceptors (Lipinski definition) is 1. The van der Waals surface area contributed by atoms with E-state index in [0.717, 1.165) is 12.8 Å². The van der Waals surface area contributed by atoms with Gasteiger partial charge in [0.15, 0.2) is 0 Å². The van der Waals surface area contributed by atoms with Crippen molar-refractivity contribution in [2.75, 3.05) is 6.61 Å². The van der Waals surface area contributed by atoms with Crippen LogP contribution in [0.4, 0.5) is 0 Å². The van der Waals surface area contributed by atoms with Crippen LogP contribution in [0.25, 0.3) is 0 Å². The van der Waals surface area contributed by atoms with Crippen LogP contribution >= 0.6 is 0 Å². The summed E-state index contributed by atoms with van der Waals surface area (Å²) in [5.74, 6) is 0. The number of aliphatic hydroxyl groups is 1. The van der Waals surface area contributed by atoms with Gasteiger partial charge >= 0.3 is 0 Å². The minimum Gasteiger partial charge on any atom is -0.428 e. The average molecular weight is 175 g/mol. The molecule has 0 aromatic heterocycles. The molecule has 0 fully saturated rings. The number of aliphatic hydroxyl groups excluding tert-OH is 1. The van der Waals surface area contributed by atoms with E-state index in [4.69, 9.17) is 5.11 Å². The van der Waals surface area contributed by atoms with Crippen LogP contribution in [0.2, 0.25) is 0 Å². The van der Waals surface area contributed by atoms with Crippen LogP contribution < -0.4 is 0 Å². The van der Waals surface area contributed by atoms with Crippen molar-refractivity contribution < 1.29 is 37.8 Å². The summed E-state index contributed by atoms with van der Waals surface area (Å²) in [5, 5.41) is 8.11. The molecule has 2 heteroatoms. The smallest absolute Gasteiger partial charge is 0 e. The molecule has 1 radical (unpaired) electrons. The minimum atomic E-state index is 0. The summed E-state index contributed by atoms with van der Waals surface area (Å²) in [6.45, 7) is 3.77. The molecule has 1 N–H and O–H groups in total. The first-order chi connectivity index (χ1) is 2.91. The van der Waals surface area contributed by atoms with E-state index in [0.29, 0.717) is 0 Å². The van der Waals surface area contributed by atoms with Gasteiger partial charge in [0.25, 0.3) is 0 Å². The predicted molar refractivity (Wildman–Crippen MR) is 26.0 cm³/mol. The van der Waals surface area contributed by atoms with Gasteiger partial charge < -0.3 is 18.5 Å². The van der Waals surface area contributed by atoms with Crippen LogP contribution in [0, 0.1) is 13.3 Å². The summed E-state index contributed by atoms with van der Waals surface area (Å²) in [6, 6.07) is 0. The summed E-state index contributed by atoms with van der Waals surface area (Å²) in [6.07, 6.45) is 3.62. The molecule has 0 heterocycles. The van der Waals surface area contributed by atoms with E-state index in [1.54, 1.807) is 6.42 Å². The van der Waals surface area contributed by atoms with Gasteiger partial charge in [-0.25, -0.2) is 12.8 Å². The van der Waals surface area contributed by atoms with E-state index in [-0.39, 0.29) is 39.3 Å². The van der Waals surface area contributed by atoms with Gasteiger partial charge in [0, 0.05) is 32.7 Å². The van der Waals surface area contributed by atoms with Gasteiger partial charge in [-0.2, -0.15) is 0 Å². The second-order valence-electron chi connectivity index (χ2n) is 1.11. The van der Waals surface area contributed by atoms with Crippen molar-refractivity contribution in [3.05, 3.63) is 13.3 Å². The van der Waals surface area contributed by atoms with E-state index >= 15 is 0 Å². The van der Waals surface area contributed by atoms with Crippen LogP contribution in [0.5, 0.6) is 0 Å².